The minimum atomic E-state index is 0.191. The zero-order chi connectivity index (χ0) is 13.8. The molecule has 0 saturated heterocycles. The Balaban J connectivity index is 2.18. The highest BCUT2D eigenvalue weighted by Crippen LogP contribution is 2.28. The maximum Gasteiger partial charge on any atom is 0.141 e. The number of aryl methyl sites for hydroxylation is 2. The van der Waals surface area contributed by atoms with E-state index < -0.39 is 0 Å². The molecule has 1 N–H and O–H groups in total. The van der Waals surface area contributed by atoms with Gasteiger partial charge in [0, 0.05) is 18.3 Å². The fourth-order valence-electron chi connectivity index (χ4n) is 2.03. The van der Waals surface area contributed by atoms with E-state index in [4.69, 9.17) is 4.74 Å². The molecule has 0 saturated carbocycles. The van der Waals surface area contributed by atoms with Crippen LogP contribution in [0.4, 0.5) is 5.69 Å². The van der Waals surface area contributed by atoms with Crippen molar-refractivity contribution < 1.29 is 4.74 Å². The molecule has 1 unspecified atom stereocenters. The van der Waals surface area contributed by atoms with E-state index in [1.165, 1.54) is 11.1 Å². The largest absolute Gasteiger partial charge is 0.495 e. The summed E-state index contributed by atoms with van der Waals surface area (Å²) in [6.45, 7) is 7.17. The molecule has 0 aliphatic rings. The molecular formula is C15H21N3O. The highest BCUT2D eigenvalue weighted by Gasteiger charge is 2.10. The van der Waals surface area contributed by atoms with Crippen molar-refractivity contribution in [3.8, 4) is 5.75 Å². The third-order valence-electron chi connectivity index (χ3n) is 3.20. The molecular weight excluding hydrogens is 238 g/mol. The van der Waals surface area contributed by atoms with Gasteiger partial charge in [-0.15, -0.1) is 0 Å². The molecule has 2 rings (SSSR count). The third kappa shape index (κ3) is 3.08. The van der Waals surface area contributed by atoms with Gasteiger partial charge in [-0.05, 0) is 38.5 Å². The molecule has 0 aliphatic carbocycles. The van der Waals surface area contributed by atoms with Crippen LogP contribution in [-0.4, -0.2) is 16.9 Å². The third-order valence-corrected chi connectivity index (χ3v) is 3.20. The molecule has 0 spiro atoms. The number of benzene rings is 1. The summed E-state index contributed by atoms with van der Waals surface area (Å²) in [4.78, 5) is 0. The van der Waals surface area contributed by atoms with Crippen molar-refractivity contribution in [2.75, 3.05) is 12.4 Å². The Labute approximate surface area is 114 Å². The first-order chi connectivity index (χ1) is 9.13. The van der Waals surface area contributed by atoms with Crippen molar-refractivity contribution in [2.24, 2.45) is 0 Å². The van der Waals surface area contributed by atoms with Crippen molar-refractivity contribution in [3.63, 3.8) is 0 Å². The fourth-order valence-corrected chi connectivity index (χ4v) is 2.03. The van der Waals surface area contributed by atoms with Crippen LogP contribution >= 0.6 is 0 Å². The summed E-state index contributed by atoms with van der Waals surface area (Å²) in [6.07, 6.45) is 3.98. The number of anilines is 1. The van der Waals surface area contributed by atoms with Crippen molar-refractivity contribution in [2.45, 2.75) is 33.4 Å². The summed E-state index contributed by atoms with van der Waals surface area (Å²) in [6, 6.07) is 6.32. The molecule has 0 fully saturated rings. The van der Waals surface area contributed by atoms with Gasteiger partial charge in [0.25, 0.3) is 0 Å². The van der Waals surface area contributed by atoms with E-state index in [-0.39, 0.29) is 6.04 Å². The molecule has 1 aromatic heterocycles. The van der Waals surface area contributed by atoms with E-state index in [1.54, 1.807) is 7.11 Å². The van der Waals surface area contributed by atoms with Crippen LogP contribution in [0.5, 0.6) is 5.75 Å². The van der Waals surface area contributed by atoms with E-state index in [1.807, 2.05) is 23.0 Å². The van der Waals surface area contributed by atoms with E-state index in [0.717, 1.165) is 18.0 Å². The average Bonchev–Trinajstić information content (AvgIpc) is 2.88. The Morgan fingerprint density at radius 2 is 2.21 bits per heavy atom. The van der Waals surface area contributed by atoms with Crippen molar-refractivity contribution in [3.05, 3.63) is 41.7 Å². The van der Waals surface area contributed by atoms with Crippen LogP contribution in [0.25, 0.3) is 0 Å². The number of ether oxygens (including phenoxy) is 1. The Hall–Kier alpha value is -1.97. The first-order valence-electron chi connectivity index (χ1n) is 6.57. The van der Waals surface area contributed by atoms with Gasteiger partial charge in [0.05, 0.1) is 25.0 Å². The van der Waals surface area contributed by atoms with E-state index in [9.17, 15) is 0 Å². The predicted octanol–water partition coefficient (Wildman–Crippen LogP) is 3.39. The number of hydrogen-bond donors (Lipinski definition) is 1. The van der Waals surface area contributed by atoms with Crippen LogP contribution < -0.4 is 10.1 Å². The molecule has 102 valence electrons. The average molecular weight is 259 g/mol. The standard InChI is InChI=1S/C15H21N3O/c1-5-18-10-13(9-16-18)12(3)17-14-8-11(2)6-7-15(14)19-4/h6-10,12,17H,5H2,1-4H3. The lowest BCUT2D eigenvalue weighted by molar-refractivity contribution is 0.416. The number of hydrogen-bond acceptors (Lipinski definition) is 3. The summed E-state index contributed by atoms with van der Waals surface area (Å²) < 4.78 is 7.31. The van der Waals surface area contributed by atoms with Gasteiger partial charge in [-0.2, -0.15) is 5.10 Å². The van der Waals surface area contributed by atoms with Gasteiger partial charge < -0.3 is 10.1 Å². The number of rotatable bonds is 5. The smallest absolute Gasteiger partial charge is 0.141 e. The van der Waals surface area contributed by atoms with Gasteiger partial charge >= 0.3 is 0 Å². The summed E-state index contributed by atoms with van der Waals surface area (Å²) >= 11 is 0. The maximum absolute atomic E-state index is 5.38. The quantitative estimate of drug-likeness (QED) is 0.894. The first-order valence-corrected chi connectivity index (χ1v) is 6.57. The molecule has 4 nitrogen and oxygen atoms in total. The fraction of sp³-hybridized carbons (Fsp3) is 0.400. The Bertz CT molecular complexity index is 548. The van der Waals surface area contributed by atoms with Gasteiger partial charge in [-0.25, -0.2) is 0 Å². The van der Waals surface area contributed by atoms with Crippen LogP contribution in [0.2, 0.25) is 0 Å². The topological polar surface area (TPSA) is 39.1 Å². The van der Waals surface area contributed by atoms with Gasteiger partial charge in [0.15, 0.2) is 0 Å². The SMILES string of the molecule is CCn1cc(C(C)Nc2cc(C)ccc2OC)cn1. The summed E-state index contributed by atoms with van der Waals surface area (Å²) in [5, 5.41) is 7.78. The normalized spacial score (nSPS) is 12.2. The van der Waals surface area contributed by atoms with Gasteiger partial charge in [-0.3, -0.25) is 4.68 Å². The van der Waals surface area contributed by atoms with Gasteiger partial charge in [0.2, 0.25) is 0 Å². The second-order valence-corrected chi connectivity index (χ2v) is 4.70. The minimum absolute atomic E-state index is 0.191. The van der Waals surface area contributed by atoms with Crippen LogP contribution in [-0.2, 0) is 6.54 Å². The monoisotopic (exact) mass is 259 g/mol. The maximum atomic E-state index is 5.38. The Morgan fingerprint density at radius 1 is 1.42 bits per heavy atom. The number of nitrogens with zero attached hydrogens (tertiary/aromatic N) is 2. The number of methoxy groups -OCH3 is 1. The molecule has 0 aliphatic heterocycles. The lowest BCUT2D eigenvalue weighted by atomic mass is 10.1. The van der Waals surface area contributed by atoms with Gasteiger partial charge in [0.1, 0.15) is 5.75 Å². The van der Waals surface area contributed by atoms with E-state index in [0.29, 0.717) is 0 Å². The van der Waals surface area contributed by atoms with E-state index in [2.05, 4.69) is 43.4 Å². The summed E-state index contributed by atoms with van der Waals surface area (Å²) in [5.74, 6) is 0.861. The van der Waals surface area contributed by atoms with E-state index >= 15 is 0 Å². The molecule has 4 heteroatoms. The molecule has 0 amide bonds. The zero-order valence-electron chi connectivity index (χ0n) is 12.0. The van der Waals surface area contributed by atoms with Crippen LogP contribution in [0.15, 0.2) is 30.6 Å². The van der Waals surface area contributed by atoms with Crippen LogP contribution in [0, 0.1) is 6.92 Å². The van der Waals surface area contributed by atoms with Crippen LogP contribution in [0.3, 0.4) is 0 Å². The predicted molar refractivity (Wildman–Crippen MR) is 77.7 cm³/mol. The lowest BCUT2D eigenvalue weighted by Gasteiger charge is -2.17. The van der Waals surface area contributed by atoms with Crippen molar-refractivity contribution in [1.29, 1.82) is 0 Å². The molecule has 2 aromatic rings. The lowest BCUT2D eigenvalue weighted by Crippen LogP contribution is -2.07. The second-order valence-electron chi connectivity index (χ2n) is 4.70. The highest BCUT2D eigenvalue weighted by molar-refractivity contribution is 5.58. The summed E-state index contributed by atoms with van der Waals surface area (Å²) in [7, 11) is 1.69. The Morgan fingerprint density at radius 3 is 2.84 bits per heavy atom. The van der Waals surface area contributed by atoms with Gasteiger partial charge in [-0.1, -0.05) is 6.07 Å². The Kier molecular flexibility index (Phi) is 4.10. The van der Waals surface area contributed by atoms with Crippen LogP contribution in [0.1, 0.15) is 31.0 Å². The molecule has 1 aromatic carbocycles. The van der Waals surface area contributed by atoms with Crippen molar-refractivity contribution in [1.82, 2.24) is 9.78 Å². The minimum Gasteiger partial charge on any atom is -0.495 e. The molecule has 1 atom stereocenters. The molecule has 0 radical (unpaired) electrons. The first kappa shape index (κ1) is 13.5. The number of aromatic nitrogens is 2. The summed E-state index contributed by atoms with van der Waals surface area (Å²) in [5.41, 5.74) is 3.39. The zero-order valence-corrected chi connectivity index (χ0v) is 12.0. The van der Waals surface area contributed by atoms with Crippen molar-refractivity contribution >= 4 is 5.69 Å². The molecule has 19 heavy (non-hydrogen) atoms. The highest BCUT2D eigenvalue weighted by atomic mass is 16.5. The number of nitrogens with one attached hydrogen (secondary N) is 1. The molecule has 0 bridgehead atoms. The molecule has 1 heterocycles. The second kappa shape index (κ2) is 5.78.